The molecule has 4 nitrogen and oxygen atoms in total. The van der Waals surface area contributed by atoms with Crippen molar-refractivity contribution in [3.63, 3.8) is 0 Å². The van der Waals surface area contributed by atoms with E-state index in [1.807, 2.05) is 0 Å². The summed E-state index contributed by atoms with van der Waals surface area (Å²) >= 11 is 0. The summed E-state index contributed by atoms with van der Waals surface area (Å²) in [7, 11) is 0. The minimum absolute atomic E-state index is 0.297. The highest BCUT2D eigenvalue weighted by Crippen LogP contribution is 2.38. The van der Waals surface area contributed by atoms with Crippen LogP contribution in [0.4, 0.5) is 11.5 Å². The Balaban J connectivity index is 1.61. The Hall–Kier alpha value is -2.88. The summed E-state index contributed by atoms with van der Waals surface area (Å²) in [5.74, 6) is 2.58. The molecule has 2 aromatic carbocycles. The smallest absolute Gasteiger partial charge is 0.162 e. The first-order chi connectivity index (χ1) is 17.1. The zero-order valence-corrected chi connectivity index (χ0v) is 23.3. The van der Waals surface area contributed by atoms with E-state index in [-0.39, 0.29) is 0 Å². The topological polar surface area (TPSA) is 32.3 Å². The van der Waals surface area contributed by atoms with Crippen LogP contribution in [0.2, 0.25) is 0 Å². The van der Waals surface area contributed by atoms with Gasteiger partial charge in [-0.3, -0.25) is 0 Å². The third-order valence-corrected chi connectivity index (χ3v) is 8.18. The van der Waals surface area contributed by atoms with E-state index in [9.17, 15) is 0 Å². The van der Waals surface area contributed by atoms with E-state index in [0.717, 1.165) is 44.2 Å². The zero-order valence-electron chi connectivity index (χ0n) is 23.3. The van der Waals surface area contributed by atoms with Gasteiger partial charge in [-0.1, -0.05) is 58.0 Å². The van der Waals surface area contributed by atoms with Crippen molar-refractivity contribution in [2.75, 3.05) is 29.4 Å². The number of aromatic nitrogens is 2. The number of benzene rings is 2. The van der Waals surface area contributed by atoms with Crippen molar-refractivity contribution in [1.29, 1.82) is 0 Å². The fourth-order valence-electron chi connectivity index (χ4n) is 6.07. The third kappa shape index (κ3) is 4.75. The molecule has 3 heterocycles. The quantitative estimate of drug-likeness (QED) is 0.388. The van der Waals surface area contributed by atoms with Crippen LogP contribution in [0.15, 0.2) is 36.4 Å². The lowest BCUT2D eigenvalue weighted by atomic mass is 9.84. The van der Waals surface area contributed by atoms with E-state index in [2.05, 4.69) is 94.7 Å². The van der Waals surface area contributed by atoms with E-state index in [1.54, 1.807) is 0 Å². The van der Waals surface area contributed by atoms with E-state index in [0.29, 0.717) is 11.3 Å². The molecule has 190 valence electrons. The van der Waals surface area contributed by atoms with Crippen LogP contribution in [0.25, 0.3) is 11.4 Å². The van der Waals surface area contributed by atoms with Crippen LogP contribution in [0, 0.1) is 26.2 Å². The maximum atomic E-state index is 5.35. The predicted molar refractivity (Wildman–Crippen MR) is 152 cm³/mol. The van der Waals surface area contributed by atoms with Gasteiger partial charge in [0.2, 0.25) is 0 Å². The van der Waals surface area contributed by atoms with Crippen molar-refractivity contribution in [1.82, 2.24) is 9.97 Å². The van der Waals surface area contributed by atoms with Crippen LogP contribution < -0.4 is 9.80 Å². The fraction of sp³-hybridized carbons (Fsp3) is 0.500. The summed E-state index contributed by atoms with van der Waals surface area (Å²) in [6.07, 6.45) is 3.43. The Kier molecular flexibility index (Phi) is 6.57. The zero-order chi connectivity index (χ0) is 25.6. The molecule has 36 heavy (non-hydrogen) atoms. The predicted octanol–water partition coefficient (Wildman–Crippen LogP) is 7.38. The van der Waals surface area contributed by atoms with Gasteiger partial charge >= 0.3 is 0 Å². The first-order valence-electron chi connectivity index (χ1n) is 13.7. The van der Waals surface area contributed by atoms with E-state index in [4.69, 9.17) is 9.97 Å². The fourth-order valence-corrected chi connectivity index (χ4v) is 6.07. The van der Waals surface area contributed by atoms with Gasteiger partial charge in [0.1, 0.15) is 5.82 Å². The highest BCUT2D eigenvalue weighted by atomic mass is 15.2. The number of anilines is 2. The van der Waals surface area contributed by atoms with Gasteiger partial charge in [0.15, 0.2) is 5.82 Å². The summed E-state index contributed by atoms with van der Waals surface area (Å²) in [4.78, 5) is 15.7. The van der Waals surface area contributed by atoms with Crippen molar-refractivity contribution in [2.45, 2.75) is 80.2 Å². The minimum Gasteiger partial charge on any atom is -0.366 e. The lowest BCUT2D eigenvalue weighted by Gasteiger charge is -2.41. The van der Waals surface area contributed by atoms with Gasteiger partial charge in [-0.25, -0.2) is 9.97 Å². The Labute approximate surface area is 217 Å². The molecule has 0 unspecified atom stereocenters. The van der Waals surface area contributed by atoms with Gasteiger partial charge in [-0.05, 0) is 73.3 Å². The molecule has 2 aliphatic rings. The second-order valence-corrected chi connectivity index (χ2v) is 12.1. The van der Waals surface area contributed by atoms with Gasteiger partial charge in [0, 0.05) is 49.4 Å². The van der Waals surface area contributed by atoms with Crippen molar-refractivity contribution in [2.24, 2.45) is 5.41 Å². The standard InChI is InChI=1S/C32H42N4/c1-21(2)25-13-12-22(3)28(18-25)35-17-14-27-26(19-35)31(36-16-9-15-32(6,7)20-36)34-30(33-27)29-23(4)10-8-11-24(29)5/h8,10-13,18,21H,9,14-17,19-20H2,1-7H3. The molecule has 3 aromatic rings. The Morgan fingerprint density at radius 1 is 0.889 bits per heavy atom. The molecule has 0 saturated carbocycles. The van der Waals surface area contributed by atoms with Crippen LogP contribution in [-0.4, -0.2) is 29.6 Å². The van der Waals surface area contributed by atoms with Gasteiger partial charge in [0.25, 0.3) is 0 Å². The number of aryl methyl sites for hydroxylation is 3. The molecular formula is C32H42N4. The maximum absolute atomic E-state index is 5.35. The maximum Gasteiger partial charge on any atom is 0.162 e. The van der Waals surface area contributed by atoms with Crippen molar-refractivity contribution in [3.8, 4) is 11.4 Å². The second-order valence-electron chi connectivity index (χ2n) is 12.1. The highest BCUT2D eigenvalue weighted by molar-refractivity contribution is 5.68. The summed E-state index contributed by atoms with van der Waals surface area (Å²) in [5, 5.41) is 0. The number of rotatable bonds is 4. The number of nitrogens with zero attached hydrogens (tertiary/aromatic N) is 4. The molecule has 1 aromatic heterocycles. The molecule has 1 saturated heterocycles. The summed E-state index contributed by atoms with van der Waals surface area (Å²) in [6, 6.07) is 13.5. The van der Waals surface area contributed by atoms with Crippen LogP contribution in [0.1, 0.15) is 80.0 Å². The molecule has 0 radical (unpaired) electrons. The molecule has 0 N–H and O–H groups in total. The van der Waals surface area contributed by atoms with Crippen LogP contribution >= 0.6 is 0 Å². The SMILES string of the molecule is Cc1ccc(C(C)C)cc1N1CCc2nc(-c3c(C)cccc3C)nc(N3CCCC(C)(C)C3)c2C1. The van der Waals surface area contributed by atoms with Gasteiger partial charge in [-0.2, -0.15) is 0 Å². The van der Waals surface area contributed by atoms with E-state index >= 15 is 0 Å². The first kappa shape index (κ1) is 24.8. The molecule has 0 amide bonds. The Morgan fingerprint density at radius 2 is 1.64 bits per heavy atom. The highest BCUT2D eigenvalue weighted by Gasteiger charge is 2.32. The van der Waals surface area contributed by atoms with Crippen molar-refractivity contribution < 1.29 is 0 Å². The molecule has 4 heteroatoms. The lowest BCUT2D eigenvalue weighted by molar-refractivity contribution is 0.291. The molecule has 1 fully saturated rings. The molecule has 0 spiro atoms. The molecule has 2 aliphatic heterocycles. The molecule has 0 atom stereocenters. The van der Waals surface area contributed by atoms with Crippen LogP contribution in [0.5, 0.6) is 0 Å². The Morgan fingerprint density at radius 3 is 2.33 bits per heavy atom. The number of hydrogen-bond donors (Lipinski definition) is 0. The van der Waals surface area contributed by atoms with Crippen molar-refractivity contribution in [3.05, 3.63) is 69.9 Å². The molecular weight excluding hydrogens is 440 g/mol. The van der Waals surface area contributed by atoms with Gasteiger partial charge in [-0.15, -0.1) is 0 Å². The monoisotopic (exact) mass is 482 g/mol. The third-order valence-electron chi connectivity index (χ3n) is 8.18. The average molecular weight is 483 g/mol. The largest absolute Gasteiger partial charge is 0.366 e. The van der Waals surface area contributed by atoms with Crippen LogP contribution in [-0.2, 0) is 13.0 Å². The molecule has 0 aliphatic carbocycles. The number of hydrogen-bond acceptors (Lipinski definition) is 4. The minimum atomic E-state index is 0.297. The van der Waals surface area contributed by atoms with Crippen molar-refractivity contribution >= 4 is 11.5 Å². The van der Waals surface area contributed by atoms with E-state index < -0.39 is 0 Å². The lowest BCUT2D eigenvalue weighted by Crippen LogP contribution is -2.42. The second kappa shape index (κ2) is 9.53. The van der Waals surface area contributed by atoms with Gasteiger partial charge < -0.3 is 9.80 Å². The number of fused-ring (bicyclic) bond motifs is 1. The van der Waals surface area contributed by atoms with Gasteiger partial charge in [0.05, 0.1) is 5.69 Å². The van der Waals surface area contributed by atoms with Crippen LogP contribution in [0.3, 0.4) is 0 Å². The summed E-state index contributed by atoms with van der Waals surface area (Å²) in [6.45, 7) is 19.9. The molecule has 5 rings (SSSR count). The van der Waals surface area contributed by atoms with E-state index in [1.165, 1.54) is 57.6 Å². The number of piperidine rings is 1. The Bertz CT molecular complexity index is 1250. The normalized spacial score (nSPS) is 17.4. The first-order valence-corrected chi connectivity index (χ1v) is 13.7. The summed E-state index contributed by atoms with van der Waals surface area (Å²) in [5.41, 5.74) is 10.6. The summed E-state index contributed by atoms with van der Waals surface area (Å²) < 4.78 is 0. The molecule has 0 bridgehead atoms. The average Bonchev–Trinajstić information content (AvgIpc) is 2.82.